The second kappa shape index (κ2) is 7.51. The molecular weight excluding hydrogens is 318 g/mol. The van der Waals surface area contributed by atoms with Crippen molar-refractivity contribution in [2.45, 2.75) is 32.7 Å². The molecule has 2 heterocycles. The van der Waals surface area contributed by atoms with Crippen LogP contribution in [0.25, 0.3) is 0 Å². The van der Waals surface area contributed by atoms with Gasteiger partial charge in [-0.1, -0.05) is 12.1 Å². The predicted molar refractivity (Wildman–Crippen MR) is 94.1 cm³/mol. The Hall–Kier alpha value is -2.63. The van der Waals surface area contributed by atoms with Crippen LogP contribution in [0.3, 0.4) is 0 Å². The van der Waals surface area contributed by atoms with E-state index in [4.69, 9.17) is 4.74 Å². The summed E-state index contributed by atoms with van der Waals surface area (Å²) in [6, 6.07) is 9.53. The summed E-state index contributed by atoms with van der Waals surface area (Å²) in [5.41, 5.74) is 2.04. The minimum atomic E-state index is -0.152. The van der Waals surface area contributed by atoms with Crippen molar-refractivity contribution in [1.82, 2.24) is 14.7 Å². The molecule has 0 unspecified atom stereocenters. The molecule has 2 aromatic rings. The van der Waals surface area contributed by atoms with Crippen LogP contribution >= 0.6 is 0 Å². The number of nitrogens with zero attached hydrogens (tertiary/aromatic N) is 3. The number of ketones is 1. The molecular formula is C19H23N3O3. The van der Waals surface area contributed by atoms with E-state index in [0.29, 0.717) is 37.5 Å². The van der Waals surface area contributed by atoms with Gasteiger partial charge in [-0.2, -0.15) is 5.10 Å². The van der Waals surface area contributed by atoms with Crippen molar-refractivity contribution in [2.75, 3.05) is 20.2 Å². The zero-order chi connectivity index (χ0) is 17.8. The van der Waals surface area contributed by atoms with Crippen LogP contribution in [0.4, 0.5) is 0 Å². The van der Waals surface area contributed by atoms with E-state index in [9.17, 15) is 9.59 Å². The summed E-state index contributed by atoms with van der Waals surface area (Å²) in [7, 11) is 1.76. The zero-order valence-electron chi connectivity index (χ0n) is 14.7. The van der Waals surface area contributed by atoms with Gasteiger partial charge in [-0.15, -0.1) is 0 Å². The van der Waals surface area contributed by atoms with Crippen LogP contribution in [0, 0.1) is 0 Å². The lowest BCUT2D eigenvalue weighted by atomic mass is 10.1. The maximum absolute atomic E-state index is 12.5. The summed E-state index contributed by atoms with van der Waals surface area (Å²) in [5.74, 6) is 0.763. The van der Waals surface area contributed by atoms with Gasteiger partial charge in [0.1, 0.15) is 11.4 Å². The fourth-order valence-corrected chi connectivity index (χ4v) is 2.95. The molecule has 1 aromatic heterocycles. The Morgan fingerprint density at radius 2 is 2.08 bits per heavy atom. The van der Waals surface area contributed by atoms with Crippen molar-refractivity contribution in [1.29, 1.82) is 0 Å². The van der Waals surface area contributed by atoms with Gasteiger partial charge in [-0.05, 0) is 37.5 Å². The molecule has 0 atom stereocenters. The quantitative estimate of drug-likeness (QED) is 0.810. The SMILES string of the molecule is CCOc1ccc(CCN(C)C(=O)c2cc3n(n2)CCCC3=O)cc1. The van der Waals surface area contributed by atoms with E-state index >= 15 is 0 Å². The van der Waals surface area contributed by atoms with Crippen molar-refractivity contribution in [2.24, 2.45) is 0 Å². The lowest BCUT2D eigenvalue weighted by Crippen LogP contribution is -2.29. The van der Waals surface area contributed by atoms with Gasteiger partial charge in [0, 0.05) is 32.6 Å². The zero-order valence-corrected chi connectivity index (χ0v) is 14.7. The molecule has 1 aromatic carbocycles. The molecule has 0 spiro atoms. The maximum Gasteiger partial charge on any atom is 0.274 e. The highest BCUT2D eigenvalue weighted by molar-refractivity contribution is 5.99. The molecule has 0 saturated carbocycles. The highest BCUT2D eigenvalue weighted by Gasteiger charge is 2.23. The lowest BCUT2D eigenvalue weighted by molar-refractivity contribution is 0.0789. The third kappa shape index (κ3) is 3.90. The van der Waals surface area contributed by atoms with E-state index in [1.54, 1.807) is 22.7 Å². The van der Waals surface area contributed by atoms with Crippen molar-refractivity contribution in [3.8, 4) is 5.75 Å². The third-order valence-electron chi connectivity index (χ3n) is 4.38. The largest absolute Gasteiger partial charge is 0.494 e. The van der Waals surface area contributed by atoms with E-state index < -0.39 is 0 Å². The normalized spacial score (nSPS) is 13.4. The first-order valence-electron chi connectivity index (χ1n) is 8.66. The second-order valence-electron chi connectivity index (χ2n) is 6.22. The Bertz CT molecular complexity index is 765. The van der Waals surface area contributed by atoms with Gasteiger partial charge < -0.3 is 9.64 Å². The van der Waals surface area contributed by atoms with Crippen LogP contribution in [-0.4, -0.2) is 46.6 Å². The van der Waals surface area contributed by atoms with Crippen molar-refractivity contribution in [3.63, 3.8) is 0 Å². The number of ether oxygens (including phenoxy) is 1. The fourth-order valence-electron chi connectivity index (χ4n) is 2.95. The second-order valence-corrected chi connectivity index (χ2v) is 6.22. The number of likely N-dealkylation sites (N-methyl/N-ethyl adjacent to an activating group) is 1. The van der Waals surface area contributed by atoms with Gasteiger partial charge in [-0.3, -0.25) is 14.3 Å². The first-order chi connectivity index (χ1) is 12.1. The van der Waals surface area contributed by atoms with Gasteiger partial charge >= 0.3 is 0 Å². The van der Waals surface area contributed by atoms with Gasteiger partial charge in [0.2, 0.25) is 0 Å². The van der Waals surface area contributed by atoms with E-state index in [0.717, 1.165) is 24.2 Å². The first kappa shape index (κ1) is 17.2. The molecule has 1 aliphatic rings. The van der Waals surface area contributed by atoms with Crippen LogP contribution < -0.4 is 4.74 Å². The molecule has 0 aliphatic carbocycles. The summed E-state index contributed by atoms with van der Waals surface area (Å²) in [6.07, 6.45) is 2.07. The number of amides is 1. The Balaban J connectivity index is 1.60. The van der Waals surface area contributed by atoms with Crippen molar-refractivity contribution in [3.05, 3.63) is 47.3 Å². The van der Waals surface area contributed by atoms with E-state index in [-0.39, 0.29) is 11.7 Å². The minimum Gasteiger partial charge on any atom is -0.494 e. The van der Waals surface area contributed by atoms with Gasteiger partial charge in [-0.25, -0.2) is 0 Å². The maximum atomic E-state index is 12.5. The predicted octanol–water partition coefficient (Wildman–Crippen LogP) is 2.57. The summed E-state index contributed by atoms with van der Waals surface area (Å²) in [5, 5.41) is 4.30. The van der Waals surface area contributed by atoms with Crippen LogP contribution in [0.5, 0.6) is 5.75 Å². The average Bonchev–Trinajstić information content (AvgIpc) is 3.06. The summed E-state index contributed by atoms with van der Waals surface area (Å²) < 4.78 is 7.08. The average molecular weight is 341 g/mol. The number of rotatable bonds is 6. The van der Waals surface area contributed by atoms with Gasteiger partial charge in [0.25, 0.3) is 5.91 Å². The summed E-state index contributed by atoms with van der Waals surface area (Å²) in [6.45, 7) is 3.89. The smallest absolute Gasteiger partial charge is 0.274 e. The number of carbonyl (C=O) groups is 2. The van der Waals surface area contributed by atoms with Crippen molar-refractivity contribution >= 4 is 11.7 Å². The number of aryl methyl sites for hydroxylation is 1. The Labute approximate surface area is 147 Å². The molecule has 6 heteroatoms. The molecule has 0 saturated heterocycles. The molecule has 132 valence electrons. The molecule has 0 N–H and O–H groups in total. The van der Waals surface area contributed by atoms with Crippen LogP contribution in [0.1, 0.15) is 46.3 Å². The van der Waals surface area contributed by atoms with E-state index in [1.807, 2.05) is 31.2 Å². The first-order valence-corrected chi connectivity index (χ1v) is 8.66. The fraction of sp³-hybridized carbons (Fsp3) is 0.421. The minimum absolute atomic E-state index is 0.0647. The Morgan fingerprint density at radius 1 is 1.32 bits per heavy atom. The molecule has 0 fully saturated rings. The number of carbonyl (C=O) groups excluding carboxylic acids is 2. The van der Waals surface area contributed by atoms with Crippen LogP contribution in [-0.2, 0) is 13.0 Å². The number of hydrogen-bond donors (Lipinski definition) is 0. The van der Waals surface area contributed by atoms with E-state index in [2.05, 4.69) is 5.10 Å². The topological polar surface area (TPSA) is 64.4 Å². The Kier molecular flexibility index (Phi) is 5.16. The number of benzene rings is 1. The highest BCUT2D eigenvalue weighted by atomic mass is 16.5. The van der Waals surface area contributed by atoms with Crippen LogP contribution in [0.2, 0.25) is 0 Å². The monoisotopic (exact) mass is 341 g/mol. The van der Waals surface area contributed by atoms with Crippen LogP contribution in [0.15, 0.2) is 30.3 Å². The molecule has 6 nitrogen and oxygen atoms in total. The highest BCUT2D eigenvalue weighted by Crippen LogP contribution is 2.17. The summed E-state index contributed by atoms with van der Waals surface area (Å²) >= 11 is 0. The summed E-state index contributed by atoms with van der Waals surface area (Å²) in [4.78, 5) is 26.1. The molecule has 0 bridgehead atoms. The molecule has 3 rings (SSSR count). The van der Waals surface area contributed by atoms with Crippen molar-refractivity contribution < 1.29 is 14.3 Å². The number of fused-ring (bicyclic) bond motifs is 1. The molecule has 0 radical (unpaired) electrons. The van der Waals surface area contributed by atoms with E-state index in [1.165, 1.54) is 0 Å². The molecule has 25 heavy (non-hydrogen) atoms. The lowest BCUT2D eigenvalue weighted by Gasteiger charge is -2.16. The van der Waals surface area contributed by atoms with Gasteiger partial charge in [0.05, 0.1) is 6.61 Å². The number of aromatic nitrogens is 2. The Morgan fingerprint density at radius 3 is 2.76 bits per heavy atom. The standard InChI is InChI=1S/C19H23N3O3/c1-3-25-15-8-6-14(7-9-15)10-12-21(2)19(24)16-13-17-18(23)5-4-11-22(17)20-16/h6-9,13H,3-5,10-12H2,1-2H3. The number of Topliss-reactive ketones (excluding diaryl/α,β-unsaturated/α-hetero) is 1. The third-order valence-corrected chi connectivity index (χ3v) is 4.38. The molecule has 1 aliphatic heterocycles. The van der Waals surface area contributed by atoms with Gasteiger partial charge in [0.15, 0.2) is 11.5 Å². The molecule has 1 amide bonds. The number of hydrogen-bond acceptors (Lipinski definition) is 4.